The minimum atomic E-state index is -0.180. The highest BCUT2D eigenvalue weighted by Crippen LogP contribution is 2.32. The van der Waals surface area contributed by atoms with Crippen LogP contribution in [0.15, 0.2) is 33.4 Å². The molecular formula is C18H20BrN3O2S. The third kappa shape index (κ3) is 3.94. The van der Waals surface area contributed by atoms with Gasteiger partial charge in [0.25, 0.3) is 5.91 Å². The summed E-state index contributed by atoms with van der Waals surface area (Å²) >= 11 is 4.79. The van der Waals surface area contributed by atoms with Crippen LogP contribution in [0.3, 0.4) is 0 Å². The minimum Gasteiger partial charge on any atom is -0.444 e. The van der Waals surface area contributed by atoms with E-state index in [0.717, 1.165) is 22.3 Å². The molecule has 5 nitrogen and oxygen atoms in total. The van der Waals surface area contributed by atoms with Gasteiger partial charge < -0.3 is 9.32 Å². The first-order valence-electron chi connectivity index (χ1n) is 7.95. The summed E-state index contributed by atoms with van der Waals surface area (Å²) in [6.45, 7) is 5.40. The van der Waals surface area contributed by atoms with Gasteiger partial charge in [0.05, 0.1) is 10.2 Å². The number of furan rings is 1. The van der Waals surface area contributed by atoms with E-state index in [0.29, 0.717) is 22.1 Å². The Hall–Kier alpha value is -1.70. The highest BCUT2D eigenvalue weighted by Gasteiger charge is 2.24. The number of aryl methyl sites for hydroxylation is 2. The van der Waals surface area contributed by atoms with Crippen LogP contribution in [0, 0.1) is 13.8 Å². The zero-order chi connectivity index (χ0) is 18.1. The number of halogens is 1. The number of rotatable bonds is 5. The maximum Gasteiger partial charge on any atom is 0.295 e. The molecule has 0 bridgehead atoms. The predicted molar refractivity (Wildman–Crippen MR) is 106 cm³/mol. The zero-order valence-electron chi connectivity index (χ0n) is 14.7. The zero-order valence-corrected chi connectivity index (χ0v) is 17.1. The predicted octanol–water partition coefficient (Wildman–Crippen LogP) is 4.48. The van der Waals surface area contributed by atoms with Crippen molar-refractivity contribution >= 4 is 48.5 Å². The Balaban J connectivity index is 2.01. The van der Waals surface area contributed by atoms with Crippen molar-refractivity contribution in [3.05, 3.63) is 45.8 Å². The van der Waals surface area contributed by atoms with Crippen molar-refractivity contribution in [3.63, 3.8) is 0 Å². The maximum absolute atomic E-state index is 13.0. The number of thiazole rings is 1. The molecular weight excluding hydrogens is 402 g/mol. The van der Waals surface area contributed by atoms with E-state index in [4.69, 9.17) is 9.40 Å². The van der Waals surface area contributed by atoms with E-state index >= 15 is 0 Å². The number of aromatic nitrogens is 1. The van der Waals surface area contributed by atoms with Gasteiger partial charge in [-0.1, -0.05) is 17.4 Å². The quantitative estimate of drug-likeness (QED) is 0.609. The molecule has 3 aromatic rings. The minimum absolute atomic E-state index is 0.180. The van der Waals surface area contributed by atoms with Crippen molar-refractivity contribution in [2.24, 2.45) is 0 Å². The fourth-order valence-electron chi connectivity index (χ4n) is 2.62. The first-order valence-corrected chi connectivity index (χ1v) is 9.56. The maximum atomic E-state index is 13.0. The van der Waals surface area contributed by atoms with Gasteiger partial charge in [0, 0.05) is 13.1 Å². The van der Waals surface area contributed by atoms with Crippen LogP contribution in [0.1, 0.15) is 21.7 Å². The Bertz CT molecular complexity index is 916. The van der Waals surface area contributed by atoms with Gasteiger partial charge in [-0.2, -0.15) is 0 Å². The van der Waals surface area contributed by atoms with Crippen molar-refractivity contribution < 1.29 is 9.21 Å². The first-order chi connectivity index (χ1) is 11.8. The van der Waals surface area contributed by atoms with E-state index in [1.165, 1.54) is 16.9 Å². The number of nitrogens with zero attached hydrogens (tertiary/aromatic N) is 3. The molecule has 1 aromatic carbocycles. The Kier molecular flexibility index (Phi) is 5.27. The van der Waals surface area contributed by atoms with Gasteiger partial charge >= 0.3 is 0 Å². The average Bonchev–Trinajstić information content (AvgIpc) is 3.13. The molecule has 7 heteroatoms. The number of amides is 1. The third-order valence-electron chi connectivity index (χ3n) is 3.85. The van der Waals surface area contributed by atoms with Gasteiger partial charge in [-0.25, -0.2) is 4.98 Å². The van der Waals surface area contributed by atoms with Gasteiger partial charge in [0.2, 0.25) is 0 Å². The van der Waals surface area contributed by atoms with Gasteiger partial charge in [-0.05, 0) is 73.2 Å². The summed E-state index contributed by atoms with van der Waals surface area (Å²) in [5, 5.41) is 0.697. The summed E-state index contributed by atoms with van der Waals surface area (Å²) < 4.78 is 7.09. The number of likely N-dealkylation sites (N-methyl/N-ethyl adjacent to an activating group) is 1. The molecule has 132 valence electrons. The van der Waals surface area contributed by atoms with Gasteiger partial charge in [-0.3, -0.25) is 9.69 Å². The van der Waals surface area contributed by atoms with Crippen LogP contribution in [0.5, 0.6) is 0 Å². The van der Waals surface area contributed by atoms with Crippen LogP contribution in [-0.2, 0) is 0 Å². The molecule has 0 N–H and O–H groups in total. The van der Waals surface area contributed by atoms with Crippen molar-refractivity contribution in [1.29, 1.82) is 0 Å². The second kappa shape index (κ2) is 7.27. The van der Waals surface area contributed by atoms with Crippen LogP contribution >= 0.6 is 27.3 Å². The van der Waals surface area contributed by atoms with E-state index in [-0.39, 0.29) is 5.91 Å². The standard InChI is InChI=1S/C18H20BrN3O2S/c1-11-9-12(2)16-14(10-11)25-18(20-16)22(8-7-21(3)4)17(23)13-5-6-15(19)24-13/h5-6,9-10H,7-8H2,1-4H3. The molecule has 25 heavy (non-hydrogen) atoms. The van der Waals surface area contributed by atoms with Gasteiger partial charge in [0.15, 0.2) is 15.6 Å². The van der Waals surface area contributed by atoms with Gasteiger partial charge in [-0.15, -0.1) is 0 Å². The molecule has 0 atom stereocenters. The van der Waals surface area contributed by atoms with E-state index in [1.807, 2.05) is 19.0 Å². The summed E-state index contributed by atoms with van der Waals surface area (Å²) in [6, 6.07) is 7.63. The molecule has 0 aliphatic carbocycles. The summed E-state index contributed by atoms with van der Waals surface area (Å²) in [6.07, 6.45) is 0. The van der Waals surface area contributed by atoms with Crippen LogP contribution in [0.4, 0.5) is 5.13 Å². The normalized spacial score (nSPS) is 11.4. The van der Waals surface area contributed by atoms with Crippen LogP contribution in [0.2, 0.25) is 0 Å². The molecule has 0 saturated carbocycles. The van der Waals surface area contributed by atoms with Gasteiger partial charge in [0.1, 0.15) is 0 Å². The van der Waals surface area contributed by atoms with Crippen LogP contribution in [0.25, 0.3) is 10.2 Å². The first kappa shape index (κ1) is 18.1. The fourth-order valence-corrected chi connectivity index (χ4v) is 4.09. The molecule has 0 radical (unpaired) electrons. The SMILES string of the molecule is Cc1cc(C)c2nc(N(CCN(C)C)C(=O)c3ccc(Br)o3)sc2c1. The van der Waals surface area contributed by atoms with Crippen molar-refractivity contribution in [2.75, 3.05) is 32.1 Å². The number of carbonyl (C=O) groups is 1. The van der Waals surface area contributed by atoms with Crippen LogP contribution in [-0.4, -0.2) is 43.0 Å². The lowest BCUT2D eigenvalue weighted by Crippen LogP contribution is -2.36. The molecule has 0 aliphatic heterocycles. The molecule has 2 heterocycles. The number of carbonyl (C=O) groups excluding carboxylic acids is 1. The monoisotopic (exact) mass is 421 g/mol. The Morgan fingerprint density at radius 2 is 2.00 bits per heavy atom. The fraction of sp³-hybridized carbons (Fsp3) is 0.333. The lowest BCUT2D eigenvalue weighted by atomic mass is 10.1. The number of hydrogen-bond donors (Lipinski definition) is 0. The summed E-state index contributed by atoms with van der Waals surface area (Å²) in [5.74, 6) is 0.124. The molecule has 0 saturated heterocycles. The second-order valence-electron chi connectivity index (χ2n) is 6.29. The van der Waals surface area contributed by atoms with Crippen molar-refractivity contribution in [3.8, 4) is 0 Å². The Labute approximate surface area is 159 Å². The number of fused-ring (bicyclic) bond motifs is 1. The molecule has 0 unspecified atom stereocenters. The van der Waals surface area contributed by atoms with E-state index in [1.54, 1.807) is 17.0 Å². The van der Waals surface area contributed by atoms with Crippen molar-refractivity contribution in [1.82, 2.24) is 9.88 Å². The molecule has 2 aromatic heterocycles. The largest absolute Gasteiger partial charge is 0.444 e. The molecule has 0 fully saturated rings. The van der Waals surface area contributed by atoms with Crippen molar-refractivity contribution in [2.45, 2.75) is 13.8 Å². The highest BCUT2D eigenvalue weighted by atomic mass is 79.9. The number of anilines is 1. The lowest BCUT2D eigenvalue weighted by molar-refractivity contribution is 0.0957. The molecule has 0 spiro atoms. The third-order valence-corrected chi connectivity index (χ3v) is 5.30. The van der Waals surface area contributed by atoms with Crippen LogP contribution < -0.4 is 4.90 Å². The number of hydrogen-bond acceptors (Lipinski definition) is 5. The highest BCUT2D eigenvalue weighted by molar-refractivity contribution is 9.10. The summed E-state index contributed by atoms with van der Waals surface area (Å²) in [4.78, 5) is 21.4. The van der Waals surface area contributed by atoms with E-state index in [2.05, 4.69) is 41.9 Å². The molecule has 3 rings (SSSR count). The Morgan fingerprint density at radius 3 is 2.64 bits per heavy atom. The summed E-state index contributed by atoms with van der Waals surface area (Å²) in [7, 11) is 3.97. The van der Waals surface area contributed by atoms with E-state index in [9.17, 15) is 4.79 Å². The molecule has 1 amide bonds. The molecule has 0 aliphatic rings. The van der Waals surface area contributed by atoms with E-state index < -0.39 is 0 Å². The number of benzene rings is 1. The smallest absolute Gasteiger partial charge is 0.295 e. The second-order valence-corrected chi connectivity index (χ2v) is 8.08. The average molecular weight is 422 g/mol. The Morgan fingerprint density at radius 1 is 1.24 bits per heavy atom. The summed E-state index contributed by atoms with van der Waals surface area (Å²) in [5.41, 5.74) is 3.27. The topological polar surface area (TPSA) is 49.6 Å². The lowest BCUT2D eigenvalue weighted by Gasteiger charge is -2.20.